The first-order valence-corrected chi connectivity index (χ1v) is 6.19. The van der Waals surface area contributed by atoms with Crippen LogP contribution in [-0.2, 0) is 0 Å². The van der Waals surface area contributed by atoms with Crippen LogP contribution in [0.3, 0.4) is 0 Å². The quantitative estimate of drug-likeness (QED) is 0.852. The zero-order valence-electron chi connectivity index (χ0n) is 10.6. The SMILES string of the molecule is CC(C)N(CCCO)C(=O)c1nc(N)ccc1Cl. The van der Waals surface area contributed by atoms with Gasteiger partial charge in [0.2, 0.25) is 0 Å². The third-order valence-corrected chi connectivity index (χ3v) is 2.82. The number of aliphatic hydroxyl groups is 1. The number of aliphatic hydroxyl groups excluding tert-OH is 1. The van der Waals surface area contributed by atoms with Gasteiger partial charge < -0.3 is 15.7 Å². The van der Waals surface area contributed by atoms with E-state index >= 15 is 0 Å². The van der Waals surface area contributed by atoms with E-state index in [1.54, 1.807) is 17.0 Å². The summed E-state index contributed by atoms with van der Waals surface area (Å²) in [5, 5.41) is 9.13. The molecule has 18 heavy (non-hydrogen) atoms. The minimum Gasteiger partial charge on any atom is -0.396 e. The lowest BCUT2D eigenvalue weighted by Gasteiger charge is -2.26. The summed E-state index contributed by atoms with van der Waals surface area (Å²) in [6.45, 7) is 4.29. The monoisotopic (exact) mass is 271 g/mol. The molecular formula is C12H18ClN3O2. The van der Waals surface area contributed by atoms with Crippen LogP contribution in [0.5, 0.6) is 0 Å². The number of carbonyl (C=O) groups excluding carboxylic acids is 1. The predicted molar refractivity (Wildman–Crippen MR) is 71.5 cm³/mol. The molecule has 5 nitrogen and oxygen atoms in total. The fourth-order valence-electron chi connectivity index (χ4n) is 1.58. The van der Waals surface area contributed by atoms with Gasteiger partial charge in [-0.2, -0.15) is 0 Å². The molecule has 0 aliphatic carbocycles. The zero-order valence-corrected chi connectivity index (χ0v) is 11.3. The topological polar surface area (TPSA) is 79.5 Å². The first kappa shape index (κ1) is 14.7. The molecule has 0 bridgehead atoms. The number of nitrogens with zero attached hydrogens (tertiary/aromatic N) is 2. The van der Waals surface area contributed by atoms with Gasteiger partial charge in [-0.25, -0.2) is 4.98 Å². The number of hydrogen-bond donors (Lipinski definition) is 2. The maximum Gasteiger partial charge on any atom is 0.274 e. The average Bonchev–Trinajstić information content (AvgIpc) is 2.32. The number of rotatable bonds is 5. The summed E-state index contributed by atoms with van der Waals surface area (Å²) in [5.74, 6) is -0.00985. The molecule has 1 amide bonds. The van der Waals surface area contributed by atoms with Crippen molar-refractivity contribution in [3.63, 3.8) is 0 Å². The Labute approximate surface area is 112 Å². The molecule has 0 saturated carbocycles. The highest BCUT2D eigenvalue weighted by molar-refractivity contribution is 6.33. The molecule has 0 atom stereocenters. The van der Waals surface area contributed by atoms with Crippen molar-refractivity contribution in [2.45, 2.75) is 26.3 Å². The molecule has 1 aromatic rings. The van der Waals surface area contributed by atoms with E-state index in [0.717, 1.165) is 0 Å². The number of nitrogen functional groups attached to an aromatic ring is 1. The number of anilines is 1. The van der Waals surface area contributed by atoms with E-state index in [4.69, 9.17) is 22.4 Å². The Morgan fingerprint density at radius 2 is 2.22 bits per heavy atom. The summed E-state index contributed by atoms with van der Waals surface area (Å²) < 4.78 is 0. The van der Waals surface area contributed by atoms with Crippen LogP contribution in [0.15, 0.2) is 12.1 Å². The number of aromatic nitrogens is 1. The van der Waals surface area contributed by atoms with Crippen LogP contribution in [-0.4, -0.2) is 40.1 Å². The van der Waals surface area contributed by atoms with E-state index in [-0.39, 0.29) is 35.1 Å². The normalized spacial score (nSPS) is 10.7. The van der Waals surface area contributed by atoms with Crippen LogP contribution in [0, 0.1) is 0 Å². The summed E-state index contributed by atoms with van der Waals surface area (Å²) in [6, 6.07) is 3.11. The van der Waals surface area contributed by atoms with Crippen molar-refractivity contribution in [1.82, 2.24) is 9.88 Å². The van der Waals surface area contributed by atoms with Crippen molar-refractivity contribution in [3.8, 4) is 0 Å². The Hall–Kier alpha value is -1.33. The number of carbonyl (C=O) groups is 1. The lowest BCUT2D eigenvalue weighted by molar-refractivity contribution is 0.0687. The first-order chi connectivity index (χ1) is 8.47. The molecule has 0 unspecified atom stereocenters. The Kier molecular flexibility index (Phi) is 5.37. The van der Waals surface area contributed by atoms with Crippen molar-refractivity contribution in [1.29, 1.82) is 0 Å². The highest BCUT2D eigenvalue weighted by atomic mass is 35.5. The van der Waals surface area contributed by atoms with Gasteiger partial charge in [0.25, 0.3) is 5.91 Å². The van der Waals surface area contributed by atoms with Gasteiger partial charge >= 0.3 is 0 Å². The standard InChI is InChI=1S/C12H18ClN3O2/c1-8(2)16(6-3-7-17)12(18)11-9(13)4-5-10(14)15-11/h4-5,8,17H,3,6-7H2,1-2H3,(H2,14,15). The third kappa shape index (κ3) is 3.58. The maximum absolute atomic E-state index is 12.3. The minimum atomic E-state index is -0.268. The summed E-state index contributed by atoms with van der Waals surface area (Å²) in [6.07, 6.45) is 0.518. The predicted octanol–water partition coefficient (Wildman–Crippen LogP) is 1.55. The molecule has 1 aromatic heterocycles. The van der Waals surface area contributed by atoms with E-state index in [1.165, 1.54) is 0 Å². The van der Waals surface area contributed by atoms with Crippen LogP contribution in [0.25, 0.3) is 0 Å². The van der Waals surface area contributed by atoms with Crippen molar-refractivity contribution in [2.24, 2.45) is 0 Å². The smallest absolute Gasteiger partial charge is 0.274 e. The largest absolute Gasteiger partial charge is 0.396 e. The number of pyridine rings is 1. The van der Waals surface area contributed by atoms with Gasteiger partial charge in [0.05, 0.1) is 5.02 Å². The van der Waals surface area contributed by atoms with Crippen molar-refractivity contribution >= 4 is 23.3 Å². The van der Waals surface area contributed by atoms with Gasteiger partial charge in [-0.15, -0.1) is 0 Å². The second kappa shape index (κ2) is 6.56. The zero-order chi connectivity index (χ0) is 13.7. The lowest BCUT2D eigenvalue weighted by atomic mass is 10.2. The van der Waals surface area contributed by atoms with E-state index < -0.39 is 0 Å². The third-order valence-electron chi connectivity index (χ3n) is 2.51. The minimum absolute atomic E-state index is 0.00310. The number of amides is 1. The Morgan fingerprint density at radius 1 is 1.56 bits per heavy atom. The van der Waals surface area contributed by atoms with Gasteiger partial charge in [0.1, 0.15) is 11.5 Å². The summed E-state index contributed by atoms with van der Waals surface area (Å²) in [5.41, 5.74) is 5.72. The van der Waals surface area contributed by atoms with Crippen molar-refractivity contribution < 1.29 is 9.90 Å². The van der Waals surface area contributed by atoms with Crippen molar-refractivity contribution in [3.05, 3.63) is 22.8 Å². The Balaban J connectivity index is 2.98. The van der Waals surface area contributed by atoms with E-state index in [1.807, 2.05) is 13.8 Å². The molecule has 0 spiro atoms. The number of hydrogen-bond acceptors (Lipinski definition) is 4. The number of nitrogens with two attached hydrogens (primary N) is 1. The second-order valence-corrected chi connectivity index (χ2v) is 4.64. The molecule has 0 aromatic carbocycles. The van der Waals surface area contributed by atoms with Crippen LogP contribution in [0.1, 0.15) is 30.8 Å². The van der Waals surface area contributed by atoms with Gasteiger partial charge in [0, 0.05) is 19.2 Å². The van der Waals surface area contributed by atoms with Crippen LogP contribution < -0.4 is 5.73 Å². The molecule has 0 aliphatic rings. The molecule has 0 fully saturated rings. The van der Waals surface area contributed by atoms with Gasteiger partial charge in [-0.05, 0) is 32.4 Å². The first-order valence-electron chi connectivity index (χ1n) is 5.81. The van der Waals surface area contributed by atoms with E-state index in [2.05, 4.69) is 4.98 Å². The number of halogens is 1. The molecular weight excluding hydrogens is 254 g/mol. The summed E-state index contributed by atoms with van der Waals surface area (Å²) >= 11 is 5.96. The van der Waals surface area contributed by atoms with Crippen LogP contribution in [0.4, 0.5) is 5.82 Å². The fraction of sp³-hybridized carbons (Fsp3) is 0.500. The molecule has 6 heteroatoms. The molecule has 1 rings (SSSR count). The maximum atomic E-state index is 12.3. The van der Waals surface area contributed by atoms with Crippen molar-refractivity contribution in [2.75, 3.05) is 18.9 Å². The fourth-order valence-corrected chi connectivity index (χ4v) is 1.76. The van der Waals surface area contributed by atoms with E-state index in [0.29, 0.717) is 13.0 Å². The molecule has 0 aliphatic heterocycles. The molecule has 3 N–H and O–H groups in total. The Bertz CT molecular complexity index is 424. The Morgan fingerprint density at radius 3 is 2.78 bits per heavy atom. The van der Waals surface area contributed by atoms with Gasteiger partial charge in [0.15, 0.2) is 0 Å². The van der Waals surface area contributed by atoms with Gasteiger partial charge in [-0.1, -0.05) is 11.6 Å². The molecule has 0 saturated heterocycles. The van der Waals surface area contributed by atoms with E-state index in [9.17, 15) is 4.79 Å². The molecule has 100 valence electrons. The summed E-state index contributed by atoms with van der Waals surface area (Å²) in [7, 11) is 0. The highest BCUT2D eigenvalue weighted by Gasteiger charge is 2.22. The molecule has 1 heterocycles. The van der Waals surface area contributed by atoms with Gasteiger partial charge in [-0.3, -0.25) is 4.79 Å². The average molecular weight is 272 g/mol. The summed E-state index contributed by atoms with van der Waals surface area (Å²) in [4.78, 5) is 17.9. The second-order valence-electron chi connectivity index (χ2n) is 4.24. The van der Waals surface area contributed by atoms with Crippen LogP contribution in [0.2, 0.25) is 5.02 Å². The molecule has 0 radical (unpaired) electrons. The van der Waals surface area contributed by atoms with Crippen LogP contribution >= 0.6 is 11.6 Å². The lowest BCUT2D eigenvalue weighted by Crippen LogP contribution is -2.38. The highest BCUT2D eigenvalue weighted by Crippen LogP contribution is 2.18.